The molecule has 0 unspecified atom stereocenters. The van der Waals surface area contributed by atoms with Gasteiger partial charge in [-0.15, -0.1) is 0 Å². The van der Waals surface area contributed by atoms with Gasteiger partial charge >= 0.3 is 0 Å². The Kier molecular flexibility index (Phi) is 3.34. The fourth-order valence-electron chi connectivity index (χ4n) is 1.77. The van der Waals surface area contributed by atoms with Gasteiger partial charge < -0.3 is 5.73 Å². The molecule has 88 valence electrons. The summed E-state index contributed by atoms with van der Waals surface area (Å²) in [5.74, 6) is 0. The Bertz CT molecular complexity index is 489. The van der Waals surface area contributed by atoms with Crippen LogP contribution in [0.15, 0.2) is 33.6 Å². The van der Waals surface area contributed by atoms with Crippen LogP contribution in [0.2, 0.25) is 0 Å². The molecule has 6 heteroatoms. The van der Waals surface area contributed by atoms with Crippen molar-refractivity contribution in [3.05, 3.63) is 28.7 Å². The molecule has 0 bridgehead atoms. The van der Waals surface area contributed by atoms with Crippen molar-refractivity contribution in [1.82, 2.24) is 4.31 Å². The second kappa shape index (κ2) is 4.44. The van der Waals surface area contributed by atoms with Gasteiger partial charge in [-0.3, -0.25) is 0 Å². The average Bonchev–Trinajstić information content (AvgIpc) is 2.66. The second-order valence-electron chi connectivity index (χ2n) is 3.84. The van der Waals surface area contributed by atoms with Gasteiger partial charge in [-0.05, 0) is 34.5 Å². The van der Waals surface area contributed by atoms with Crippen LogP contribution < -0.4 is 5.73 Å². The van der Waals surface area contributed by atoms with Crippen LogP contribution in [0.1, 0.15) is 6.42 Å². The summed E-state index contributed by atoms with van der Waals surface area (Å²) in [6, 6.07) is 6.79. The molecular weight excluding hydrogens is 292 g/mol. The molecule has 0 amide bonds. The summed E-state index contributed by atoms with van der Waals surface area (Å²) in [6.07, 6.45) is 0.726. The lowest BCUT2D eigenvalue weighted by molar-refractivity contribution is 0.472. The molecular formula is C10H13BrN2O2S. The molecule has 0 spiro atoms. The number of hydrogen-bond acceptors (Lipinski definition) is 3. The Hall–Kier alpha value is -0.430. The molecule has 1 aromatic rings. The Balaban J connectivity index is 2.36. The van der Waals surface area contributed by atoms with Crippen LogP contribution in [0.5, 0.6) is 0 Å². The molecule has 1 aromatic carbocycles. The quantitative estimate of drug-likeness (QED) is 0.892. The van der Waals surface area contributed by atoms with E-state index < -0.39 is 10.0 Å². The van der Waals surface area contributed by atoms with Crippen LogP contribution in [0.3, 0.4) is 0 Å². The summed E-state index contributed by atoms with van der Waals surface area (Å²) in [5.41, 5.74) is 5.72. The van der Waals surface area contributed by atoms with E-state index in [4.69, 9.17) is 5.73 Å². The van der Waals surface area contributed by atoms with Gasteiger partial charge in [0.15, 0.2) is 0 Å². The summed E-state index contributed by atoms with van der Waals surface area (Å²) < 4.78 is 26.5. The third kappa shape index (κ3) is 2.15. The van der Waals surface area contributed by atoms with Gasteiger partial charge in [0, 0.05) is 23.6 Å². The molecule has 0 saturated carbocycles. The van der Waals surface area contributed by atoms with Crippen LogP contribution in [-0.2, 0) is 10.0 Å². The van der Waals surface area contributed by atoms with E-state index in [2.05, 4.69) is 15.9 Å². The number of halogens is 1. The predicted octanol–water partition coefficient (Wildman–Crippen LogP) is 1.17. The van der Waals surface area contributed by atoms with E-state index in [-0.39, 0.29) is 6.04 Å². The van der Waals surface area contributed by atoms with Gasteiger partial charge in [-0.25, -0.2) is 8.42 Å². The Morgan fingerprint density at radius 1 is 1.38 bits per heavy atom. The fourth-order valence-corrected chi connectivity index (χ4v) is 4.24. The Labute approximate surface area is 104 Å². The zero-order chi connectivity index (χ0) is 11.8. The van der Waals surface area contributed by atoms with Gasteiger partial charge in [-0.2, -0.15) is 4.31 Å². The van der Waals surface area contributed by atoms with E-state index in [1.807, 2.05) is 0 Å². The summed E-state index contributed by atoms with van der Waals surface area (Å²) in [6.45, 7) is 0.911. The predicted molar refractivity (Wildman–Crippen MR) is 65.5 cm³/mol. The molecule has 1 fully saturated rings. The highest BCUT2D eigenvalue weighted by Crippen LogP contribution is 2.26. The van der Waals surface area contributed by atoms with Crippen molar-refractivity contribution in [3.8, 4) is 0 Å². The standard InChI is InChI=1S/C10H13BrN2O2S/c11-9-3-1-2-4-10(9)16(14,15)13-6-5-8(12)7-13/h1-4,8H,5-7,12H2/t8-/m1/s1. The van der Waals surface area contributed by atoms with E-state index >= 15 is 0 Å². The van der Waals surface area contributed by atoms with Crippen molar-refractivity contribution >= 4 is 26.0 Å². The normalized spacial score (nSPS) is 22.5. The SMILES string of the molecule is N[C@@H]1CCN(S(=O)(=O)c2ccccc2Br)C1. The number of nitrogens with zero attached hydrogens (tertiary/aromatic N) is 1. The first-order chi connectivity index (χ1) is 7.51. The first-order valence-corrected chi connectivity index (χ1v) is 7.25. The second-order valence-corrected chi connectivity index (χ2v) is 6.60. The van der Waals surface area contributed by atoms with Gasteiger partial charge in [0.1, 0.15) is 0 Å². The largest absolute Gasteiger partial charge is 0.326 e. The molecule has 0 radical (unpaired) electrons. The molecule has 0 aromatic heterocycles. The summed E-state index contributed by atoms with van der Waals surface area (Å²) in [4.78, 5) is 0.309. The number of sulfonamides is 1. The number of benzene rings is 1. The number of rotatable bonds is 2. The maximum atomic E-state index is 12.2. The van der Waals surface area contributed by atoms with Crippen LogP contribution in [0.25, 0.3) is 0 Å². The van der Waals surface area contributed by atoms with Gasteiger partial charge in [0.05, 0.1) is 4.90 Å². The molecule has 2 N–H and O–H groups in total. The van der Waals surface area contributed by atoms with Gasteiger partial charge in [0.25, 0.3) is 0 Å². The molecule has 0 aliphatic carbocycles. The van der Waals surface area contributed by atoms with Crippen molar-refractivity contribution in [3.63, 3.8) is 0 Å². The van der Waals surface area contributed by atoms with Crippen molar-refractivity contribution in [1.29, 1.82) is 0 Å². The molecule has 1 saturated heterocycles. The maximum absolute atomic E-state index is 12.2. The zero-order valence-electron chi connectivity index (χ0n) is 8.64. The van der Waals surface area contributed by atoms with Crippen molar-refractivity contribution in [2.45, 2.75) is 17.4 Å². The van der Waals surface area contributed by atoms with E-state index in [1.54, 1.807) is 24.3 Å². The van der Waals surface area contributed by atoms with E-state index in [1.165, 1.54) is 4.31 Å². The number of nitrogens with two attached hydrogens (primary N) is 1. The molecule has 1 aliphatic rings. The van der Waals surface area contributed by atoms with E-state index in [0.29, 0.717) is 22.5 Å². The summed E-state index contributed by atoms with van der Waals surface area (Å²) >= 11 is 3.26. The molecule has 4 nitrogen and oxygen atoms in total. The van der Waals surface area contributed by atoms with Crippen LogP contribution in [-0.4, -0.2) is 31.9 Å². The van der Waals surface area contributed by atoms with Crippen molar-refractivity contribution in [2.24, 2.45) is 5.73 Å². The minimum atomic E-state index is -3.40. The summed E-state index contributed by atoms with van der Waals surface area (Å²) in [5, 5.41) is 0. The van der Waals surface area contributed by atoms with Crippen molar-refractivity contribution < 1.29 is 8.42 Å². The Morgan fingerprint density at radius 2 is 2.06 bits per heavy atom. The highest BCUT2D eigenvalue weighted by atomic mass is 79.9. The van der Waals surface area contributed by atoms with Gasteiger partial charge in [0.2, 0.25) is 10.0 Å². The van der Waals surface area contributed by atoms with E-state index in [0.717, 1.165) is 6.42 Å². The third-order valence-electron chi connectivity index (χ3n) is 2.64. The highest BCUT2D eigenvalue weighted by Gasteiger charge is 2.31. The van der Waals surface area contributed by atoms with Crippen LogP contribution in [0.4, 0.5) is 0 Å². The third-order valence-corrected chi connectivity index (χ3v) is 5.52. The number of hydrogen-bond donors (Lipinski definition) is 1. The lowest BCUT2D eigenvalue weighted by Gasteiger charge is -2.16. The van der Waals surface area contributed by atoms with Gasteiger partial charge in [-0.1, -0.05) is 12.1 Å². The zero-order valence-corrected chi connectivity index (χ0v) is 11.0. The monoisotopic (exact) mass is 304 g/mol. The minimum absolute atomic E-state index is 0.0442. The smallest absolute Gasteiger partial charge is 0.244 e. The minimum Gasteiger partial charge on any atom is -0.326 e. The maximum Gasteiger partial charge on any atom is 0.244 e. The van der Waals surface area contributed by atoms with Crippen molar-refractivity contribution in [2.75, 3.05) is 13.1 Å². The van der Waals surface area contributed by atoms with Crippen LogP contribution in [0, 0.1) is 0 Å². The van der Waals surface area contributed by atoms with E-state index in [9.17, 15) is 8.42 Å². The molecule has 16 heavy (non-hydrogen) atoms. The lowest BCUT2D eigenvalue weighted by atomic mass is 10.3. The molecule has 1 heterocycles. The fraction of sp³-hybridized carbons (Fsp3) is 0.400. The molecule has 1 aliphatic heterocycles. The highest BCUT2D eigenvalue weighted by molar-refractivity contribution is 9.10. The first-order valence-electron chi connectivity index (χ1n) is 5.02. The Morgan fingerprint density at radius 3 is 2.62 bits per heavy atom. The van der Waals surface area contributed by atoms with Crippen LogP contribution >= 0.6 is 15.9 Å². The lowest BCUT2D eigenvalue weighted by Crippen LogP contribution is -2.32. The molecule has 2 rings (SSSR count). The topological polar surface area (TPSA) is 63.4 Å². The average molecular weight is 305 g/mol. The first kappa shape index (κ1) is 12.0. The summed E-state index contributed by atoms with van der Waals surface area (Å²) in [7, 11) is -3.40. The molecule has 1 atom stereocenters.